The Hall–Kier alpha value is -0.830. The number of amides is 1. The highest BCUT2D eigenvalue weighted by atomic mass is 16.2. The second kappa shape index (κ2) is 6.69. The van der Waals surface area contributed by atoms with Crippen molar-refractivity contribution in [3.8, 4) is 0 Å². The van der Waals surface area contributed by atoms with Crippen LogP contribution in [-0.4, -0.2) is 18.5 Å². The van der Waals surface area contributed by atoms with Crippen molar-refractivity contribution in [3.63, 3.8) is 0 Å². The number of hydrogen-bond acceptors (Lipinski definition) is 2. The number of carbonyl (C=O) groups is 1. The van der Waals surface area contributed by atoms with Crippen LogP contribution in [-0.2, 0) is 4.79 Å². The van der Waals surface area contributed by atoms with Crippen LogP contribution in [0.4, 0.5) is 0 Å². The molecule has 0 heterocycles. The van der Waals surface area contributed by atoms with Gasteiger partial charge in [0, 0.05) is 6.54 Å². The van der Waals surface area contributed by atoms with Gasteiger partial charge in [0.2, 0.25) is 5.91 Å². The molecule has 1 unspecified atom stereocenters. The minimum atomic E-state index is -0.349. The summed E-state index contributed by atoms with van der Waals surface area (Å²) >= 11 is 0. The molecule has 1 atom stereocenters. The van der Waals surface area contributed by atoms with E-state index in [4.69, 9.17) is 5.73 Å². The molecule has 1 aliphatic carbocycles. The van der Waals surface area contributed by atoms with E-state index in [1.54, 1.807) is 0 Å². The molecule has 3 nitrogen and oxygen atoms in total. The van der Waals surface area contributed by atoms with Crippen LogP contribution in [0.1, 0.15) is 46.0 Å². The third-order valence-electron chi connectivity index (χ3n) is 2.94. The molecule has 0 aromatic rings. The molecule has 1 rings (SSSR count). The van der Waals surface area contributed by atoms with Crippen LogP contribution in [0.15, 0.2) is 11.6 Å². The molecule has 0 saturated carbocycles. The number of nitrogens with two attached hydrogens (primary N) is 1. The highest BCUT2D eigenvalue weighted by Gasteiger charge is 2.14. The molecule has 0 aromatic heterocycles. The predicted octanol–water partition coefficient (Wildman–Crippen LogP) is 1.98. The van der Waals surface area contributed by atoms with Crippen molar-refractivity contribution < 1.29 is 4.79 Å². The quantitative estimate of drug-likeness (QED) is 0.678. The summed E-state index contributed by atoms with van der Waals surface area (Å²) in [5, 5.41) is 2.91. The molecule has 3 heteroatoms. The summed E-state index contributed by atoms with van der Waals surface area (Å²) in [4.78, 5) is 11.6. The summed E-state index contributed by atoms with van der Waals surface area (Å²) in [5.41, 5.74) is 7.27. The fourth-order valence-corrected chi connectivity index (χ4v) is 2.06. The molecule has 0 radical (unpaired) electrons. The summed E-state index contributed by atoms with van der Waals surface area (Å²) < 4.78 is 0. The lowest BCUT2D eigenvalue weighted by molar-refractivity contribution is -0.122. The Balaban J connectivity index is 2.14. The van der Waals surface area contributed by atoms with Gasteiger partial charge in [0.15, 0.2) is 0 Å². The van der Waals surface area contributed by atoms with Crippen LogP contribution in [0.3, 0.4) is 0 Å². The van der Waals surface area contributed by atoms with E-state index in [2.05, 4.69) is 25.2 Å². The van der Waals surface area contributed by atoms with Crippen molar-refractivity contribution in [2.45, 2.75) is 52.0 Å². The Morgan fingerprint density at radius 3 is 2.88 bits per heavy atom. The average Bonchev–Trinajstić information content (AvgIpc) is 2.69. The number of allylic oxidation sites excluding steroid dienone is 1. The van der Waals surface area contributed by atoms with Gasteiger partial charge < -0.3 is 11.1 Å². The van der Waals surface area contributed by atoms with Crippen LogP contribution >= 0.6 is 0 Å². The Labute approximate surface area is 98.5 Å². The van der Waals surface area contributed by atoms with Crippen LogP contribution in [0.2, 0.25) is 0 Å². The van der Waals surface area contributed by atoms with Gasteiger partial charge in [-0.05, 0) is 38.0 Å². The van der Waals surface area contributed by atoms with Gasteiger partial charge in [-0.3, -0.25) is 4.79 Å². The third kappa shape index (κ3) is 4.79. The minimum Gasteiger partial charge on any atom is -0.354 e. The predicted molar refractivity (Wildman–Crippen MR) is 67.0 cm³/mol. The van der Waals surface area contributed by atoms with Crippen LogP contribution < -0.4 is 11.1 Å². The molecule has 0 aromatic carbocycles. The normalized spacial score (nSPS) is 17.4. The van der Waals surface area contributed by atoms with Crippen molar-refractivity contribution in [1.29, 1.82) is 0 Å². The van der Waals surface area contributed by atoms with Gasteiger partial charge in [0.25, 0.3) is 0 Å². The number of hydrogen-bond donors (Lipinski definition) is 2. The maximum atomic E-state index is 11.6. The van der Waals surface area contributed by atoms with Gasteiger partial charge >= 0.3 is 0 Å². The van der Waals surface area contributed by atoms with Gasteiger partial charge in [-0.1, -0.05) is 25.5 Å². The van der Waals surface area contributed by atoms with Gasteiger partial charge in [-0.2, -0.15) is 0 Å². The zero-order chi connectivity index (χ0) is 12.0. The molecule has 0 aliphatic heterocycles. The van der Waals surface area contributed by atoms with E-state index in [1.165, 1.54) is 24.8 Å². The lowest BCUT2D eigenvalue weighted by Gasteiger charge is -2.14. The first-order chi connectivity index (χ1) is 7.59. The molecular weight excluding hydrogens is 200 g/mol. The Morgan fingerprint density at radius 1 is 1.56 bits per heavy atom. The maximum Gasteiger partial charge on any atom is 0.236 e. The molecule has 0 bridgehead atoms. The number of rotatable bonds is 6. The number of nitrogens with one attached hydrogen (secondary N) is 1. The maximum absolute atomic E-state index is 11.6. The van der Waals surface area contributed by atoms with Crippen LogP contribution in [0.5, 0.6) is 0 Å². The van der Waals surface area contributed by atoms with E-state index in [0.29, 0.717) is 5.92 Å². The molecule has 16 heavy (non-hydrogen) atoms. The average molecular weight is 224 g/mol. The Kier molecular flexibility index (Phi) is 5.53. The van der Waals surface area contributed by atoms with Crippen molar-refractivity contribution in [1.82, 2.24) is 5.32 Å². The summed E-state index contributed by atoms with van der Waals surface area (Å²) in [7, 11) is 0. The van der Waals surface area contributed by atoms with Crippen LogP contribution in [0.25, 0.3) is 0 Å². The van der Waals surface area contributed by atoms with Crippen LogP contribution in [0, 0.1) is 5.92 Å². The number of carbonyl (C=O) groups excluding carboxylic acids is 1. The highest BCUT2D eigenvalue weighted by molar-refractivity contribution is 5.81. The molecule has 3 N–H and O–H groups in total. The van der Waals surface area contributed by atoms with Gasteiger partial charge in [-0.25, -0.2) is 0 Å². The fourth-order valence-electron chi connectivity index (χ4n) is 2.06. The lowest BCUT2D eigenvalue weighted by atomic mass is 10.0. The topological polar surface area (TPSA) is 55.1 Å². The minimum absolute atomic E-state index is 0.00713. The zero-order valence-electron chi connectivity index (χ0n) is 10.5. The van der Waals surface area contributed by atoms with E-state index < -0.39 is 0 Å². The van der Waals surface area contributed by atoms with E-state index in [1.807, 2.05) is 0 Å². The molecule has 92 valence electrons. The summed E-state index contributed by atoms with van der Waals surface area (Å²) in [6.45, 7) is 4.89. The van der Waals surface area contributed by atoms with Gasteiger partial charge in [0.05, 0.1) is 6.04 Å². The van der Waals surface area contributed by atoms with E-state index in [0.717, 1.165) is 19.4 Å². The molecule has 1 aliphatic rings. The third-order valence-corrected chi connectivity index (χ3v) is 2.94. The van der Waals surface area contributed by atoms with Crippen molar-refractivity contribution in [2.75, 3.05) is 6.54 Å². The van der Waals surface area contributed by atoms with Gasteiger partial charge in [0.1, 0.15) is 0 Å². The SMILES string of the molecule is CC(C)CC(N)C(=O)NCCC1=CCCC1. The molecule has 0 saturated heterocycles. The molecular formula is C13H24N2O. The first-order valence-electron chi connectivity index (χ1n) is 6.30. The largest absolute Gasteiger partial charge is 0.354 e. The summed E-state index contributed by atoms with van der Waals surface area (Å²) in [5.74, 6) is 0.464. The summed E-state index contributed by atoms with van der Waals surface area (Å²) in [6, 6.07) is -0.349. The Morgan fingerprint density at radius 2 is 2.31 bits per heavy atom. The lowest BCUT2D eigenvalue weighted by Crippen LogP contribution is -2.41. The fraction of sp³-hybridized carbons (Fsp3) is 0.769. The molecule has 0 spiro atoms. The second-order valence-electron chi connectivity index (χ2n) is 5.03. The smallest absolute Gasteiger partial charge is 0.236 e. The van der Waals surface area contributed by atoms with Crippen molar-refractivity contribution in [3.05, 3.63) is 11.6 Å². The van der Waals surface area contributed by atoms with Crippen molar-refractivity contribution in [2.24, 2.45) is 11.7 Å². The summed E-state index contributed by atoms with van der Waals surface area (Å²) in [6.07, 6.45) is 7.72. The van der Waals surface area contributed by atoms with E-state index >= 15 is 0 Å². The first-order valence-corrected chi connectivity index (χ1v) is 6.30. The molecule has 1 amide bonds. The van der Waals surface area contributed by atoms with Crippen molar-refractivity contribution >= 4 is 5.91 Å². The first kappa shape index (κ1) is 13.2. The zero-order valence-corrected chi connectivity index (χ0v) is 10.5. The Bertz CT molecular complexity index is 259. The highest BCUT2D eigenvalue weighted by Crippen LogP contribution is 2.19. The monoisotopic (exact) mass is 224 g/mol. The van der Waals surface area contributed by atoms with Gasteiger partial charge in [-0.15, -0.1) is 0 Å². The van der Waals surface area contributed by atoms with E-state index in [9.17, 15) is 4.79 Å². The second-order valence-corrected chi connectivity index (χ2v) is 5.03. The standard InChI is InChI=1S/C13H24N2O/c1-10(2)9-12(14)13(16)15-8-7-11-5-3-4-6-11/h5,10,12H,3-4,6-9,14H2,1-2H3,(H,15,16). The molecule has 0 fully saturated rings. The van der Waals surface area contributed by atoms with E-state index in [-0.39, 0.29) is 11.9 Å².